The highest BCUT2D eigenvalue weighted by Gasteiger charge is 2.45. The molecule has 1 saturated heterocycles. The molecule has 0 spiro atoms. The fourth-order valence-corrected chi connectivity index (χ4v) is 4.84. The van der Waals surface area contributed by atoms with Crippen molar-refractivity contribution in [1.29, 1.82) is 0 Å². The highest BCUT2D eigenvalue weighted by Crippen LogP contribution is 2.46. The molecule has 0 aliphatic carbocycles. The molecule has 1 fully saturated rings. The van der Waals surface area contributed by atoms with Crippen molar-refractivity contribution in [2.75, 3.05) is 61.6 Å². The molecule has 2 aromatic rings. The second-order valence-corrected chi connectivity index (χ2v) is 8.69. The third-order valence-electron chi connectivity index (χ3n) is 6.83. The Hall–Kier alpha value is -3.26. The third-order valence-corrected chi connectivity index (χ3v) is 6.83. The number of quaternary nitrogens is 1. The first-order valence-corrected chi connectivity index (χ1v) is 11.2. The maximum absolute atomic E-state index is 14.0. The molecule has 2 heterocycles. The Kier molecular flexibility index (Phi) is 6.47. The Bertz CT molecular complexity index is 1030. The van der Waals surface area contributed by atoms with E-state index >= 15 is 0 Å². The second-order valence-electron chi connectivity index (χ2n) is 8.69. The lowest BCUT2D eigenvalue weighted by atomic mass is 9.78. The van der Waals surface area contributed by atoms with Crippen LogP contribution in [0.3, 0.4) is 0 Å². The average molecular weight is 455 g/mol. The maximum Gasteiger partial charge on any atom is 0.254 e. The van der Waals surface area contributed by atoms with E-state index in [9.17, 15) is 9.59 Å². The van der Waals surface area contributed by atoms with Gasteiger partial charge in [-0.15, -0.1) is 0 Å². The smallest absolute Gasteiger partial charge is 0.254 e. The molecular formula is C25H32N3O5+. The van der Waals surface area contributed by atoms with E-state index in [2.05, 4.69) is 7.05 Å². The van der Waals surface area contributed by atoms with Crippen LogP contribution in [0.4, 0.5) is 0 Å². The SMILES string of the molecule is COc1ccc(C2C(C(=O)N3CC[NH+](C)CC3)c3cc(OC)c(OC)cc3C(=O)N2C)cc1. The summed E-state index contributed by atoms with van der Waals surface area (Å²) < 4.78 is 16.3. The van der Waals surface area contributed by atoms with Gasteiger partial charge in [-0.05, 0) is 35.4 Å². The summed E-state index contributed by atoms with van der Waals surface area (Å²) in [5, 5.41) is 0. The molecule has 33 heavy (non-hydrogen) atoms. The lowest BCUT2D eigenvalue weighted by molar-refractivity contribution is -0.883. The Morgan fingerprint density at radius 1 is 0.970 bits per heavy atom. The zero-order valence-electron chi connectivity index (χ0n) is 19.9. The van der Waals surface area contributed by atoms with Gasteiger partial charge in [0, 0.05) is 12.6 Å². The van der Waals surface area contributed by atoms with E-state index in [-0.39, 0.29) is 11.8 Å². The summed E-state index contributed by atoms with van der Waals surface area (Å²) in [5.41, 5.74) is 2.02. The fourth-order valence-electron chi connectivity index (χ4n) is 4.84. The number of carbonyl (C=O) groups is 2. The minimum atomic E-state index is -0.561. The van der Waals surface area contributed by atoms with Gasteiger partial charge in [0.1, 0.15) is 5.75 Å². The van der Waals surface area contributed by atoms with Crippen LogP contribution in [0.5, 0.6) is 17.2 Å². The van der Waals surface area contributed by atoms with Crippen molar-refractivity contribution in [1.82, 2.24) is 9.80 Å². The van der Waals surface area contributed by atoms with E-state index in [1.165, 1.54) is 12.0 Å². The quantitative estimate of drug-likeness (QED) is 0.729. The van der Waals surface area contributed by atoms with Crippen molar-refractivity contribution in [3.63, 3.8) is 0 Å². The van der Waals surface area contributed by atoms with Crippen molar-refractivity contribution in [3.8, 4) is 17.2 Å². The molecule has 8 nitrogen and oxygen atoms in total. The zero-order chi connectivity index (χ0) is 23.7. The predicted molar refractivity (Wildman–Crippen MR) is 123 cm³/mol. The van der Waals surface area contributed by atoms with Crippen LogP contribution >= 0.6 is 0 Å². The minimum Gasteiger partial charge on any atom is -0.497 e. The highest BCUT2D eigenvalue weighted by atomic mass is 16.5. The van der Waals surface area contributed by atoms with Gasteiger partial charge in [0.25, 0.3) is 5.91 Å². The lowest BCUT2D eigenvalue weighted by Crippen LogP contribution is -3.12. The van der Waals surface area contributed by atoms with Crippen LogP contribution in [0.2, 0.25) is 0 Å². The molecule has 4 rings (SSSR count). The van der Waals surface area contributed by atoms with E-state index in [0.717, 1.165) is 24.4 Å². The standard InChI is InChI=1S/C25H31N3O5/c1-26-10-12-28(13-11-26)25(30)22-18-14-20(32-4)21(33-5)15-19(18)24(29)27(2)23(22)16-6-8-17(31-3)9-7-16/h6-9,14-15,22-23H,10-13H2,1-5H3/p+1. The molecule has 2 aliphatic rings. The summed E-state index contributed by atoms with van der Waals surface area (Å²) in [6.07, 6.45) is 0. The highest BCUT2D eigenvalue weighted by molar-refractivity contribution is 6.02. The van der Waals surface area contributed by atoms with Crippen LogP contribution < -0.4 is 19.1 Å². The number of likely N-dealkylation sites (N-methyl/N-ethyl adjacent to an activating group) is 2. The number of ether oxygens (including phenoxy) is 3. The number of piperazine rings is 1. The van der Waals surface area contributed by atoms with Gasteiger partial charge < -0.3 is 28.9 Å². The van der Waals surface area contributed by atoms with Gasteiger partial charge in [0.15, 0.2) is 11.5 Å². The van der Waals surface area contributed by atoms with Crippen LogP contribution in [0.15, 0.2) is 36.4 Å². The zero-order valence-corrected chi connectivity index (χ0v) is 19.9. The Balaban J connectivity index is 1.86. The lowest BCUT2D eigenvalue weighted by Gasteiger charge is -2.42. The monoisotopic (exact) mass is 454 g/mol. The van der Waals surface area contributed by atoms with Crippen LogP contribution in [0.25, 0.3) is 0 Å². The number of methoxy groups -OCH3 is 3. The number of carbonyl (C=O) groups excluding carboxylic acids is 2. The average Bonchev–Trinajstić information content (AvgIpc) is 2.85. The largest absolute Gasteiger partial charge is 0.497 e. The number of nitrogens with zero attached hydrogens (tertiary/aromatic N) is 2. The van der Waals surface area contributed by atoms with Crippen LogP contribution in [-0.4, -0.2) is 83.2 Å². The molecule has 2 aliphatic heterocycles. The molecule has 2 unspecified atom stereocenters. The van der Waals surface area contributed by atoms with Crippen molar-refractivity contribution >= 4 is 11.8 Å². The Morgan fingerprint density at radius 2 is 1.58 bits per heavy atom. The van der Waals surface area contributed by atoms with E-state index < -0.39 is 12.0 Å². The molecule has 2 amide bonds. The molecule has 2 aromatic carbocycles. The van der Waals surface area contributed by atoms with E-state index in [0.29, 0.717) is 35.7 Å². The summed E-state index contributed by atoms with van der Waals surface area (Å²) in [5.74, 6) is 1.00. The number of fused-ring (bicyclic) bond motifs is 1. The molecule has 0 aromatic heterocycles. The summed E-state index contributed by atoms with van der Waals surface area (Å²) in [7, 11) is 8.61. The fraction of sp³-hybridized carbons (Fsp3) is 0.440. The minimum absolute atomic E-state index is 0.0242. The third kappa shape index (κ3) is 4.11. The van der Waals surface area contributed by atoms with E-state index in [4.69, 9.17) is 14.2 Å². The predicted octanol–water partition coefficient (Wildman–Crippen LogP) is 0.980. The summed E-state index contributed by atoms with van der Waals surface area (Å²) in [6.45, 7) is 3.19. The van der Waals surface area contributed by atoms with E-state index in [1.807, 2.05) is 29.2 Å². The van der Waals surface area contributed by atoms with Gasteiger partial charge in [0.2, 0.25) is 5.91 Å². The van der Waals surface area contributed by atoms with Gasteiger partial charge in [-0.2, -0.15) is 0 Å². The second kappa shape index (κ2) is 9.31. The molecular weight excluding hydrogens is 422 g/mol. The van der Waals surface area contributed by atoms with Gasteiger partial charge in [-0.3, -0.25) is 9.59 Å². The molecule has 1 N–H and O–H groups in total. The Labute approximate surface area is 194 Å². The summed E-state index contributed by atoms with van der Waals surface area (Å²) in [4.78, 5) is 32.5. The van der Waals surface area contributed by atoms with Crippen molar-refractivity contribution in [2.24, 2.45) is 0 Å². The molecule has 176 valence electrons. The molecule has 0 saturated carbocycles. The molecule has 2 atom stereocenters. The number of hydrogen-bond donors (Lipinski definition) is 1. The first kappa shape index (κ1) is 22.9. The van der Waals surface area contributed by atoms with Gasteiger partial charge in [0.05, 0.1) is 66.5 Å². The number of rotatable bonds is 5. The van der Waals surface area contributed by atoms with Gasteiger partial charge in [-0.1, -0.05) is 12.1 Å². The molecule has 0 bridgehead atoms. The van der Waals surface area contributed by atoms with Crippen molar-refractivity contribution < 1.29 is 28.7 Å². The van der Waals surface area contributed by atoms with E-state index in [1.54, 1.807) is 38.3 Å². The van der Waals surface area contributed by atoms with Crippen molar-refractivity contribution in [3.05, 3.63) is 53.1 Å². The topological polar surface area (TPSA) is 72.7 Å². The van der Waals surface area contributed by atoms with Crippen LogP contribution in [0, 0.1) is 0 Å². The normalized spacial score (nSPS) is 20.9. The first-order chi connectivity index (χ1) is 15.9. The number of amides is 2. The van der Waals surface area contributed by atoms with Gasteiger partial charge >= 0.3 is 0 Å². The Morgan fingerprint density at radius 3 is 2.15 bits per heavy atom. The number of hydrogen-bond acceptors (Lipinski definition) is 5. The summed E-state index contributed by atoms with van der Waals surface area (Å²) in [6, 6.07) is 10.6. The van der Waals surface area contributed by atoms with Crippen LogP contribution in [-0.2, 0) is 4.79 Å². The number of benzene rings is 2. The first-order valence-electron chi connectivity index (χ1n) is 11.2. The van der Waals surface area contributed by atoms with Gasteiger partial charge in [-0.25, -0.2) is 0 Å². The van der Waals surface area contributed by atoms with Crippen molar-refractivity contribution in [2.45, 2.75) is 12.0 Å². The number of nitrogens with one attached hydrogen (secondary N) is 1. The molecule has 8 heteroatoms. The molecule has 0 radical (unpaired) electrons. The van der Waals surface area contributed by atoms with Crippen LogP contribution in [0.1, 0.15) is 33.4 Å². The maximum atomic E-state index is 14.0. The summed E-state index contributed by atoms with van der Waals surface area (Å²) >= 11 is 0.